The Kier molecular flexibility index (Phi) is 5.60. The second-order valence-electron chi connectivity index (χ2n) is 5.88. The number of nitrogens with zero attached hydrogens (tertiary/aromatic N) is 4. The van der Waals surface area contributed by atoms with E-state index in [1.54, 1.807) is 14.0 Å². The Morgan fingerprint density at radius 1 is 1.26 bits per heavy atom. The molecule has 2 aromatic heterocycles. The Balaban J connectivity index is 1.90. The zero-order valence-corrected chi connectivity index (χ0v) is 16.0. The Bertz CT molecular complexity index is 962. The highest BCUT2D eigenvalue weighted by Gasteiger charge is 2.23. The summed E-state index contributed by atoms with van der Waals surface area (Å²) in [4.78, 5) is 24.9. The highest BCUT2D eigenvalue weighted by Crippen LogP contribution is 2.36. The van der Waals surface area contributed by atoms with E-state index in [1.807, 2.05) is 36.6 Å². The minimum absolute atomic E-state index is 0.00350. The number of aromatic nitrogens is 4. The molecule has 0 aliphatic heterocycles. The number of esters is 1. The van der Waals surface area contributed by atoms with Crippen molar-refractivity contribution in [1.82, 2.24) is 20.2 Å². The summed E-state index contributed by atoms with van der Waals surface area (Å²) in [5.74, 6) is -0.346. The summed E-state index contributed by atoms with van der Waals surface area (Å²) >= 11 is 1.28. The lowest BCUT2D eigenvalue weighted by molar-refractivity contribution is -0.115. The lowest BCUT2D eigenvalue weighted by atomic mass is 10.0. The Morgan fingerprint density at radius 3 is 2.63 bits per heavy atom. The van der Waals surface area contributed by atoms with Gasteiger partial charge >= 0.3 is 5.97 Å². The van der Waals surface area contributed by atoms with E-state index >= 15 is 0 Å². The van der Waals surface area contributed by atoms with Crippen molar-refractivity contribution in [3.8, 4) is 11.1 Å². The largest absolute Gasteiger partial charge is 0.462 e. The molecule has 2 heterocycles. The van der Waals surface area contributed by atoms with Gasteiger partial charge in [0.1, 0.15) is 10.6 Å². The van der Waals surface area contributed by atoms with Crippen LogP contribution in [0.2, 0.25) is 0 Å². The molecule has 140 valence electrons. The Morgan fingerprint density at radius 2 is 2.00 bits per heavy atom. The summed E-state index contributed by atoms with van der Waals surface area (Å²) < 4.78 is 6.63. The van der Waals surface area contributed by atoms with E-state index < -0.39 is 5.97 Å². The first-order valence-corrected chi connectivity index (χ1v) is 9.24. The topological polar surface area (TPSA) is 99.0 Å². The van der Waals surface area contributed by atoms with Crippen molar-refractivity contribution in [2.75, 3.05) is 11.9 Å². The molecule has 0 atom stereocenters. The van der Waals surface area contributed by atoms with Gasteiger partial charge < -0.3 is 10.1 Å². The monoisotopic (exact) mass is 385 g/mol. The van der Waals surface area contributed by atoms with Gasteiger partial charge in [-0.25, -0.2) is 9.48 Å². The van der Waals surface area contributed by atoms with E-state index in [2.05, 4.69) is 20.8 Å². The van der Waals surface area contributed by atoms with Gasteiger partial charge in [0.2, 0.25) is 5.91 Å². The van der Waals surface area contributed by atoms with Gasteiger partial charge in [0.15, 0.2) is 5.82 Å². The van der Waals surface area contributed by atoms with Crippen molar-refractivity contribution in [1.29, 1.82) is 0 Å². The molecule has 0 aliphatic rings. The molecule has 0 fully saturated rings. The van der Waals surface area contributed by atoms with Crippen molar-refractivity contribution < 1.29 is 14.3 Å². The van der Waals surface area contributed by atoms with Crippen LogP contribution in [0.3, 0.4) is 0 Å². The average Bonchev–Trinajstić information content (AvgIpc) is 3.22. The first-order valence-electron chi connectivity index (χ1n) is 8.36. The van der Waals surface area contributed by atoms with E-state index in [-0.39, 0.29) is 18.9 Å². The van der Waals surface area contributed by atoms with Crippen molar-refractivity contribution >= 4 is 28.2 Å². The van der Waals surface area contributed by atoms with Crippen LogP contribution in [0.25, 0.3) is 11.1 Å². The maximum absolute atomic E-state index is 12.5. The smallest absolute Gasteiger partial charge is 0.341 e. The summed E-state index contributed by atoms with van der Waals surface area (Å²) in [6.07, 6.45) is 0.00350. The standard InChI is InChI=1S/C18H19N5O3S/c1-4-26-18(25)16-13(12-7-5-11(2)6-8-12)10-27-17(16)19-15(24)9-14-20-21-22-23(14)3/h5-8,10H,4,9H2,1-3H3,(H,19,24). The molecule has 0 radical (unpaired) electrons. The number of carbonyl (C=O) groups is 2. The number of carbonyl (C=O) groups excluding carboxylic acids is 2. The fraction of sp³-hybridized carbons (Fsp3) is 0.278. The van der Waals surface area contributed by atoms with E-state index in [4.69, 9.17) is 4.74 Å². The molecule has 3 aromatic rings. The number of rotatable bonds is 6. The van der Waals surface area contributed by atoms with Gasteiger partial charge in [0, 0.05) is 18.0 Å². The van der Waals surface area contributed by atoms with E-state index in [0.717, 1.165) is 16.7 Å². The number of aryl methyl sites for hydroxylation is 2. The zero-order valence-electron chi connectivity index (χ0n) is 15.2. The Hall–Kier alpha value is -3.07. The minimum Gasteiger partial charge on any atom is -0.462 e. The highest BCUT2D eigenvalue weighted by atomic mass is 32.1. The molecular weight excluding hydrogens is 366 g/mol. The first-order chi connectivity index (χ1) is 13.0. The molecular formula is C18H19N5O3S. The Labute approximate surface area is 160 Å². The van der Waals surface area contributed by atoms with Crippen LogP contribution in [0.15, 0.2) is 29.6 Å². The third-order valence-corrected chi connectivity index (χ3v) is 4.81. The first kappa shape index (κ1) is 18.7. The predicted octanol–water partition coefficient (Wildman–Crippen LogP) is 2.60. The van der Waals surface area contributed by atoms with Crippen LogP contribution in [0, 0.1) is 6.92 Å². The highest BCUT2D eigenvalue weighted by molar-refractivity contribution is 7.15. The third-order valence-electron chi connectivity index (χ3n) is 3.91. The number of anilines is 1. The van der Waals surface area contributed by atoms with Gasteiger partial charge in [-0.3, -0.25) is 4.79 Å². The maximum Gasteiger partial charge on any atom is 0.341 e. The maximum atomic E-state index is 12.5. The van der Waals surface area contributed by atoms with E-state index in [1.165, 1.54) is 16.0 Å². The molecule has 8 nitrogen and oxygen atoms in total. The van der Waals surface area contributed by atoms with Crippen LogP contribution < -0.4 is 5.32 Å². The summed E-state index contributed by atoms with van der Waals surface area (Å²) in [6.45, 7) is 3.99. The second-order valence-corrected chi connectivity index (χ2v) is 6.76. The normalized spacial score (nSPS) is 10.6. The fourth-order valence-electron chi connectivity index (χ4n) is 2.51. The van der Waals surface area contributed by atoms with Crippen LogP contribution in [0.1, 0.15) is 28.7 Å². The lowest BCUT2D eigenvalue weighted by Crippen LogP contribution is -2.18. The molecule has 27 heavy (non-hydrogen) atoms. The number of hydrogen-bond donors (Lipinski definition) is 1. The van der Waals surface area contributed by atoms with Gasteiger partial charge in [0.05, 0.1) is 13.0 Å². The third kappa shape index (κ3) is 4.20. The fourth-order valence-corrected chi connectivity index (χ4v) is 3.49. The number of thiophene rings is 1. The number of nitrogens with one attached hydrogen (secondary N) is 1. The molecule has 3 rings (SSSR count). The van der Waals surface area contributed by atoms with E-state index in [0.29, 0.717) is 16.4 Å². The predicted molar refractivity (Wildman–Crippen MR) is 102 cm³/mol. The quantitative estimate of drug-likeness (QED) is 0.655. The van der Waals surface area contributed by atoms with Crippen LogP contribution >= 0.6 is 11.3 Å². The molecule has 1 aromatic carbocycles. The summed E-state index contributed by atoms with van der Waals surface area (Å²) in [6, 6.07) is 7.83. The van der Waals surface area contributed by atoms with Gasteiger partial charge in [-0.15, -0.1) is 16.4 Å². The number of hydrogen-bond acceptors (Lipinski definition) is 7. The number of benzene rings is 1. The molecule has 0 aliphatic carbocycles. The molecule has 0 saturated carbocycles. The van der Waals surface area contributed by atoms with Crippen molar-refractivity contribution in [2.45, 2.75) is 20.3 Å². The van der Waals surface area contributed by atoms with Crippen LogP contribution in [0.4, 0.5) is 5.00 Å². The molecule has 0 saturated heterocycles. The van der Waals surface area contributed by atoms with Crippen molar-refractivity contribution in [3.05, 3.63) is 46.6 Å². The van der Waals surface area contributed by atoms with Crippen LogP contribution in [0.5, 0.6) is 0 Å². The zero-order chi connectivity index (χ0) is 19.4. The number of tetrazole rings is 1. The van der Waals surface area contributed by atoms with Gasteiger partial charge in [0.25, 0.3) is 0 Å². The summed E-state index contributed by atoms with van der Waals surface area (Å²) in [5.41, 5.74) is 3.10. The number of ether oxygens (including phenoxy) is 1. The van der Waals surface area contributed by atoms with Crippen molar-refractivity contribution in [3.63, 3.8) is 0 Å². The van der Waals surface area contributed by atoms with Gasteiger partial charge in [-0.1, -0.05) is 29.8 Å². The van der Waals surface area contributed by atoms with Crippen LogP contribution in [-0.2, 0) is 23.0 Å². The molecule has 0 unspecified atom stereocenters. The summed E-state index contributed by atoms with van der Waals surface area (Å²) in [5, 5.41) is 16.1. The molecule has 0 spiro atoms. The molecule has 1 N–H and O–H groups in total. The minimum atomic E-state index is -0.468. The van der Waals surface area contributed by atoms with Crippen LogP contribution in [-0.4, -0.2) is 38.7 Å². The molecule has 9 heteroatoms. The molecule has 1 amide bonds. The lowest BCUT2D eigenvalue weighted by Gasteiger charge is -2.09. The van der Waals surface area contributed by atoms with E-state index in [9.17, 15) is 9.59 Å². The SMILES string of the molecule is CCOC(=O)c1c(-c2ccc(C)cc2)csc1NC(=O)Cc1nnnn1C. The van der Waals surface area contributed by atoms with Gasteiger partial charge in [-0.05, 0) is 29.8 Å². The number of amides is 1. The molecule has 0 bridgehead atoms. The second kappa shape index (κ2) is 8.09. The summed E-state index contributed by atoms with van der Waals surface area (Å²) in [7, 11) is 1.66. The van der Waals surface area contributed by atoms with Crippen molar-refractivity contribution in [2.24, 2.45) is 7.05 Å². The average molecular weight is 385 g/mol. The van der Waals surface area contributed by atoms with Gasteiger partial charge in [-0.2, -0.15) is 0 Å².